The molecule has 4 rings (SSSR count). The van der Waals surface area contributed by atoms with E-state index in [1.165, 1.54) is 0 Å². The minimum Gasteiger partial charge on any atom is -0.480 e. The van der Waals surface area contributed by atoms with Crippen LogP contribution in [0.4, 0.5) is 0 Å². The molecule has 1 aliphatic carbocycles. The molecule has 0 spiro atoms. The van der Waals surface area contributed by atoms with Gasteiger partial charge in [-0.05, 0) is 31.2 Å². The van der Waals surface area contributed by atoms with Crippen LogP contribution in [0.15, 0.2) is 18.3 Å². The molecule has 3 aliphatic rings. The van der Waals surface area contributed by atoms with Crippen LogP contribution in [0.5, 0.6) is 5.88 Å². The van der Waals surface area contributed by atoms with Gasteiger partial charge in [0.15, 0.2) is 0 Å². The van der Waals surface area contributed by atoms with Gasteiger partial charge in [0.2, 0.25) is 5.88 Å². The summed E-state index contributed by atoms with van der Waals surface area (Å²) < 4.78 is 11.1. The maximum absolute atomic E-state index is 13.2. The fourth-order valence-electron chi connectivity index (χ4n) is 4.51. The number of hydrogen-bond acceptors (Lipinski definition) is 5. The zero-order valence-corrected chi connectivity index (χ0v) is 14.7. The Labute approximate surface area is 152 Å². The SMILES string of the molecule is O=C(O)C1CC2CCCCC2N1C(=O)c1ccnc(OC2CCOC2)c1. The summed E-state index contributed by atoms with van der Waals surface area (Å²) in [5, 5.41) is 9.63. The van der Waals surface area contributed by atoms with Gasteiger partial charge in [0.1, 0.15) is 12.1 Å². The van der Waals surface area contributed by atoms with Gasteiger partial charge in [-0.1, -0.05) is 12.8 Å². The van der Waals surface area contributed by atoms with E-state index in [4.69, 9.17) is 9.47 Å². The van der Waals surface area contributed by atoms with E-state index in [9.17, 15) is 14.7 Å². The normalized spacial score (nSPS) is 30.8. The number of pyridine rings is 1. The number of carbonyl (C=O) groups is 2. The molecule has 1 N–H and O–H groups in total. The maximum Gasteiger partial charge on any atom is 0.326 e. The van der Waals surface area contributed by atoms with Crippen LogP contribution in [0.3, 0.4) is 0 Å². The number of nitrogens with zero attached hydrogens (tertiary/aromatic N) is 2. The standard InChI is InChI=1S/C19H24N2O5/c22-18(13-5-7-20-17(10-13)26-14-6-8-25-11-14)21-15-4-2-1-3-12(15)9-16(21)19(23)24/h5,7,10,12,14-16H,1-4,6,8-9,11H2,(H,23,24). The van der Waals surface area contributed by atoms with Crippen LogP contribution in [0, 0.1) is 5.92 Å². The summed E-state index contributed by atoms with van der Waals surface area (Å²) in [7, 11) is 0. The Bertz CT molecular complexity index is 688. The molecule has 1 amide bonds. The van der Waals surface area contributed by atoms with Crippen LogP contribution in [0.1, 0.15) is 48.9 Å². The van der Waals surface area contributed by atoms with Crippen molar-refractivity contribution in [1.29, 1.82) is 0 Å². The lowest BCUT2D eigenvalue weighted by atomic mass is 9.84. The minimum atomic E-state index is -0.915. The van der Waals surface area contributed by atoms with E-state index in [1.807, 2.05) is 0 Å². The third-order valence-corrected chi connectivity index (χ3v) is 5.76. The third kappa shape index (κ3) is 3.28. The maximum atomic E-state index is 13.2. The fourth-order valence-corrected chi connectivity index (χ4v) is 4.51. The van der Waals surface area contributed by atoms with Gasteiger partial charge in [-0.25, -0.2) is 9.78 Å². The number of rotatable bonds is 4. The summed E-state index contributed by atoms with van der Waals surface area (Å²) in [6.07, 6.45) is 6.90. The van der Waals surface area contributed by atoms with Gasteiger partial charge in [0.05, 0.1) is 13.2 Å². The van der Waals surface area contributed by atoms with E-state index in [1.54, 1.807) is 23.2 Å². The van der Waals surface area contributed by atoms with Crippen LogP contribution < -0.4 is 4.74 Å². The monoisotopic (exact) mass is 360 g/mol. The molecule has 140 valence electrons. The molecule has 4 atom stereocenters. The number of carbonyl (C=O) groups excluding carboxylic acids is 1. The smallest absolute Gasteiger partial charge is 0.326 e. The Morgan fingerprint density at radius 2 is 2.12 bits per heavy atom. The Balaban J connectivity index is 1.56. The van der Waals surface area contributed by atoms with E-state index in [-0.39, 0.29) is 18.1 Å². The van der Waals surface area contributed by atoms with Crippen molar-refractivity contribution in [2.24, 2.45) is 5.92 Å². The quantitative estimate of drug-likeness (QED) is 0.885. The summed E-state index contributed by atoms with van der Waals surface area (Å²) in [5.74, 6) is -0.470. The van der Waals surface area contributed by atoms with Crippen molar-refractivity contribution < 1.29 is 24.2 Å². The first-order valence-corrected chi connectivity index (χ1v) is 9.39. The number of aliphatic carboxylic acids is 1. The number of carboxylic acid groups (broad SMARTS) is 1. The zero-order valence-electron chi connectivity index (χ0n) is 14.7. The number of fused-ring (bicyclic) bond motifs is 1. The zero-order chi connectivity index (χ0) is 18.1. The Morgan fingerprint density at radius 1 is 1.27 bits per heavy atom. The van der Waals surface area contributed by atoms with Crippen LogP contribution >= 0.6 is 0 Å². The average Bonchev–Trinajstić information content (AvgIpc) is 3.28. The lowest BCUT2D eigenvalue weighted by molar-refractivity contribution is -0.141. The molecule has 1 saturated carbocycles. The van der Waals surface area contributed by atoms with Gasteiger partial charge in [-0.15, -0.1) is 0 Å². The largest absolute Gasteiger partial charge is 0.480 e. The van der Waals surface area contributed by atoms with Gasteiger partial charge in [-0.3, -0.25) is 4.79 Å². The molecule has 2 saturated heterocycles. The molecule has 1 aromatic rings. The van der Waals surface area contributed by atoms with E-state index in [0.29, 0.717) is 37.0 Å². The molecular weight excluding hydrogens is 336 g/mol. The molecule has 7 heteroatoms. The van der Waals surface area contributed by atoms with Crippen molar-refractivity contribution in [3.05, 3.63) is 23.9 Å². The second-order valence-corrected chi connectivity index (χ2v) is 7.40. The molecule has 0 bridgehead atoms. The molecule has 1 aromatic heterocycles. The lowest BCUT2D eigenvalue weighted by Crippen LogP contribution is -2.46. The summed E-state index contributed by atoms with van der Waals surface area (Å²) in [5.41, 5.74) is 0.436. The highest BCUT2D eigenvalue weighted by Crippen LogP contribution is 2.40. The number of amides is 1. The average molecular weight is 360 g/mol. The van der Waals surface area contributed by atoms with Crippen LogP contribution in [-0.4, -0.2) is 58.3 Å². The molecule has 26 heavy (non-hydrogen) atoms. The predicted molar refractivity (Wildman–Crippen MR) is 92.0 cm³/mol. The topological polar surface area (TPSA) is 89.0 Å². The number of likely N-dealkylation sites (tertiary alicyclic amines) is 1. The first-order chi connectivity index (χ1) is 12.6. The van der Waals surface area contributed by atoms with Crippen molar-refractivity contribution in [1.82, 2.24) is 9.88 Å². The molecule has 7 nitrogen and oxygen atoms in total. The van der Waals surface area contributed by atoms with Crippen molar-refractivity contribution in [3.63, 3.8) is 0 Å². The second kappa shape index (κ2) is 7.23. The highest BCUT2D eigenvalue weighted by Gasteiger charge is 2.47. The fraction of sp³-hybridized carbons (Fsp3) is 0.632. The van der Waals surface area contributed by atoms with Crippen LogP contribution in [0.25, 0.3) is 0 Å². The third-order valence-electron chi connectivity index (χ3n) is 5.76. The number of hydrogen-bond donors (Lipinski definition) is 1. The number of aromatic nitrogens is 1. The first kappa shape index (κ1) is 17.3. The summed E-state index contributed by atoms with van der Waals surface area (Å²) in [6.45, 7) is 1.19. The summed E-state index contributed by atoms with van der Waals surface area (Å²) in [6, 6.07) is 2.54. The molecule has 2 aliphatic heterocycles. The Morgan fingerprint density at radius 3 is 2.88 bits per heavy atom. The van der Waals surface area contributed by atoms with Crippen LogP contribution in [-0.2, 0) is 9.53 Å². The summed E-state index contributed by atoms with van der Waals surface area (Å²) >= 11 is 0. The van der Waals surface area contributed by atoms with E-state index in [2.05, 4.69) is 4.98 Å². The Hall–Kier alpha value is -2.15. The highest BCUT2D eigenvalue weighted by molar-refractivity contribution is 5.97. The summed E-state index contributed by atoms with van der Waals surface area (Å²) in [4.78, 5) is 30.7. The Kier molecular flexibility index (Phi) is 4.80. The van der Waals surface area contributed by atoms with Gasteiger partial charge in [0, 0.05) is 30.3 Å². The van der Waals surface area contributed by atoms with E-state index < -0.39 is 12.0 Å². The van der Waals surface area contributed by atoms with Gasteiger partial charge < -0.3 is 19.5 Å². The molecular formula is C19H24N2O5. The molecule has 4 unspecified atom stereocenters. The van der Waals surface area contributed by atoms with Crippen molar-refractivity contribution in [2.75, 3.05) is 13.2 Å². The molecule has 3 heterocycles. The highest BCUT2D eigenvalue weighted by atomic mass is 16.5. The van der Waals surface area contributed by atoms with Crippen molar-refractivity contribution >= 4 is 11.9 Å². The number of carboxylic acids is 1. The van der Waals surface area contributed by atoms with Gasteiger partial charge >= 0.3 is 5.97 Å². The lowest BCUT2D eigenvalue weighted by Gasteiger charge is -2.33. The van der Waals surface area contributed by atoms with E-state index >= 15 is 0 Å². The molecule has 3 fully saturated rings. The predicted octanol–water partition coefficient (Wildman–Crippen LogP) is 2.11. The molecule has 0 radical (unpaired) electrons. The first-order valence-electron chi connectivity index (χ1n) is 9.39. The minimum absolute atomic E-state index is 0.0260. The molecule has 0 aromatic carbocycles. The second-order valence-electron chi connectivity index (χ2n) is 7.40. The van der Waals surface area contributed by atoms with Crippen molar-refractivity contribution in [3.8, 4) is 5.88 Å². The van der Waals surface area contributed by atoms with Crippen LogP contribution in [0.2, 0.25) is 0 Å². The van der Waals surface area contributed by atoms with Crippen molar-refractivity contribution in [2.45, 2.75) is 56.7 Å². The van der Waals surface area contributed by atoms with Gasteiger partial charge in [-0.2, -0.15) is 0 Å². The van der Waals surface area contributed by atoms with Gasteiger partial charge in [0.25, 0.3) is 5.91 Å². The number of ether oxygens (including phenoxy) is 2. The van der Waals surface area contributed by atoms with E-state index in [0.717, 1.165) is 32.1 Å².